The molecule has 0 amide bonds. The van der Waals surface area contributed by atoms with Crippen molar-refractivity contribution in [1.29, 1.82) is 0 Å². The van der Waals surface area contributed by atoms with Crippen LogP contribution in [0.2, 0.25) is 0 Å². The number of ketones is 1. The van der Waals surface area contributed by atoms with Crippen LogP contribution in [-0.4, -0.2) is 102 Å². The number of allylic oxidation sites excluding steroid dienone is 20. The first-order valence-electron chi connectivity index (χ1n) is 33.2. The number of rotatable bonds is 47. The van der Waals surface area contributed by atoms with Gasteiger partial charge in [0.15, 0.2) is 0 Å². The van der Waals surface area contributed by atoms with Gasteiger partial charge in [0, 0.05) is 75.6 Å². The van der Waals surface area contributed by atoms with E-state index in [0.29, 0.717) is 94.6 Å². The van der Waals surface area contributed by atoms with Gasteiger partial charge in [0.25, 0.3) is 0 Å². The van der Waals surface area contributed by atoms with Crippen LogP contribution in [0.15, 0.2) is 116 Å². The highest BCUT2D eigenvalue weighted by molar-refractivity contribution is 8.00. The summed E-state index contributed by atoms with van der Waals surface area (Å²) in [7, 11) is -6.30. The van der Waals surface area contributed by atoms with Gasteiger partial charge < -0.3 is 13.8 Å². The molecule has 2 heterocycles. The lowest BCUT2D eigenvalue weighted by atomic mass is 10.0. The Morgan fingerprint density at radius 1 is 0.461 bits per heavy atom. The van der Waals surface area contributed by atoms with Gasteiger partial charge in [-0.1, -0.05) is 124 Å². The van der Waals surface area contributed by atoms with Crippen LogP contribution in [0.25, 0.3) is 0 Å². The third-order valence-electron chi connectivity index (χ3n) is 15.4. The number of thioether (sulfide) groups is 1. The second-order valence-corrected chi connectivity index (χ2v) is 31.5. The Bertz CT molecular complexity index is 2360. The first-order chi connectivity index (χ1) is 42.1. The van der Waals surface area contributed by atoms with Crippen LogP contribution >= 0.6 is 73.5 Å². The summed E-state index contributed by atoms with van der Waals surface area (Å²) in [5, 5.41) is 6.01. The molecule has 89 heavy (non-hydrogen) atoms. The van der Waals surface area contributed by atoms with E-state index in [0.717, 1.165) is 128 Å². The fourth-order valence-corrected chi connectivity index (χ4v) is 16.8. The van der Waals surface area contributed by atoms with Gasteiger partial charge in [-0.3, -0.25) is 13.9 Å². The zero-order valence-electron chi connectivity index (χ0n) is 57.0. The molecule has 0 aromatic rings. The molecule has 4 unspecified atom stereocenters. The molecule has 0 aliphatic carbocycles. The molecule has 0 spiro atoms. The van der Waals surface area contributed by atoms with E-state index in [1.165, 1.54) is 68.6 Å². The average Bonchev–Trinajstić information content (AvgIpc) is 1.04. The summed E-state index contributed by atoms with van der Waals surface area (Å²) >= 11 is 25.3. The molecule has 2 fully saturated rings. The summed E-state index contributed by atoms with van der Waals surface area (Å²) < 4.78 is 47.5. The topological polar surface area (TPSA) is 109 Å². The molecule has 2 aliphatic heterocycles. The molecular weight excluding hydrogens is 1250 g/mol. The number of ether oxygens (including phenoxy) is 1. The summed E-state index contributed by atoms with van der Waals surface area (Å²) in [5.41, 5.74) is 14.4. The molecular formula is C72H126Cl4N4O6P2S. The number of alkyl halides is 4. The van der Waals surface area contributed by atoms with Crippen molar-refractivity contribution < 1.29 is 27.7 Å². The maximum atomic E-state index is 13.3. The second-order valence-electron chi connectivity index (χ2n) is 24.4. The lowest BCUT2D eigenvalue weighted by Crippen LogP contribution is -2.45. The molecule has 2 rings (SSSR count). The van der Waals surface area contributed by atoms with E-state index in [9.17, 15) is 13.9 Å². The Morgan fingerprint density at radius 2 is 0.820 bits per heavy atom. The fraction of sp³-hybridized carbons (Fsp3) is 0.708. The van der Waals surface area contributed by atoms with Gasteiger partial charge in [-0.15, -0.1) is 58.2 Å². The van der Waals surface area contributed by atoms with Crippen molar-refractivity contribution in [3.8, 4) is 0 Å². The molecule has 0 radical (unpaired) electrons. The lowest BCUT2D eigenvalue weighted by Gasteiger charge is -2.40. The van der Waals surface area contributed by atoms with E-state index in [2.05, 4.69) is 154 Å². The van der Waals surface area contributed by atoms with Gasteiger partial charge in [-0.2, -0.15) is 4.67 Å². The number of carbonyl (C=O) groups excluding carboxylic acids is 1. The van der Waals surface area contributed by atoms with E-state index < -0.39 is 15.3 Å². The van der Waals surface area contributed by atoms with Gasteiger partial charge in [0.2, 0.25) is 0 Å². The van der Waals surface area contributed by atoms with Crippen molar-refractivity contribution in [3.05, 3.63) is 116 Å². The largest absolute Gasteiger partial charge is 0.363 e. The number of carbonyl (C=O) groups is 1. The molecule has 0 bridgehead atoms. The van der Waals surface area contributed by atoms with Gasteiger partial charge in [0.1, 0.15) is 12.0 Å². The molecule has 10 nitrogen and oxygen atoms in total. The molecule has 2 aliphatic rings. The molecule has 2 N–H and O–H groups in total. The Morgan fingerprint density at radius 3 is 1.22 bits per heavy atom. The molecule has 2 saturated heterocycles. The van der Waals surface area contributed by atoms with Crippen molar-refractivity contribution in [2.45, 2.75) is 256 Å². The number of unbranched alkanes of at least 4 members (excludes halogenated alkanes) is 2. The predicted octanol–water partition coefficient (Wildman–Crippen LogP) is 23.5. The van der Waals surface area contributed by atoms with Gasteiger partial charge >= 0.3 is 15.3 Å². The molecule has 17 heteroatoms. The van der Waals surface area contributed by atoms with E-state index >= 15 is 0 Å². The van der Waals surface area contributed by atoms with Crippen LogP contribution in [0.5, 0.6) is 0 Å². The van der Waals surface area contributed by atoms with Crippen molar-refractivity contribution in [1.82, 2.24) is 19.5 Å². The van der Waals surface area contributed by atoms with Gasteiger partial charge in [-0.25, -0.2) is 14.8 Å². The molecule has 4 atom stereocenters. The van der Waals surface area contributed by atoms with E-state index in [-0.39, 0.29) is 19.0 Å². The summed E-state index contributed by atoms with van der Waals surface area (Å²) in [4.78, 5) is 12.5. The first kappa shape index (κ1) is 87.8. The fourth-order valence-electron chi connectivity index (χ4n) is 10.1. The third-order valence-corrected chi connectivity index (χ3v) is 22.3. The maximum Gasteiger partial charge on any atom is 0.345 e. The summed E-state index contributed by atoms with van der Waals surface area (Å²) in [6.45, 7) is 29.7. The van der Waals surface area contributed by atoms with E-state index in [1.807, 2.05) is 4.67 Å². The lowest BCUT2D eigenvalue weighted by molar-refractivity contribution is -0.119. The summed E-state index contributed by atoms with van der Waals surface area (Å²) in [6, 6.07) is 0. The zero-order valence-corrected chi connectivity index (χ0v) is 62.7. The Kier molecular flexibility index (Phi) is 54.2. The minimum atomic E-state index is -3.17. The van der Waals surface area contributed by atoms with Gasteiger partial charge in [-0.05, 0) is 224 Å². The Balaban J connectivity index is 0.00000173. The minimum Gasteiger partial charge on any atom is -0.363 e. The van der Waals surface area contributed by atoms with E-state index in [1.54, 1.807) is 16.4 Å². The predicted molar refractivity (Wildman–Crippen MR) is 397 cm³/mol. The van der Waals surface area contributed by atoms with Crippen LogP contribution in [0.3, 0.4) is 0 Å². The number of hydrogen-bond acceptors (Lipinski definition) is 7. The highest BCUT2D eigenvalue weighted by Gasteiger charge is 2.42. The van der Waals surface area contributed by atoms with Crippen molar-refractivity contribution in [3.63, 3.8) is 0 Å². The van der Waals surface area contributed by atoms with Crippen molar-refractivity contribution in [2.24, 2.45) is 0 Å². The SMILES string of the molecule is C.CC(C)=CCC/C(C)=C/CC/C(C)=C/CC/C=C(\C)CC/C=C(\C)CCC(=O)CCCSC1CCOP(=O)(NCCCl)N1CCCl.CC(C)=CCC/C(C)=C/CC/C(C)=C/CC/C=C(\C)CC/C=C(\C)CCCOC1CCOP(=O)(NCCCl)N1CCCl. The second kappa shape index (κ2) is 55.0. The number of halogens is 4. The van der Waals surface area contributed by atoms with Crippen molar-refractivity contribution >= 4 is 79.3 Å². The van der Waals surface area contributed by atoms with Crippen LogP contribution < -0.4 is 10.2 Å². The molecule has 514 valence electrons. The molecule has 0 aromatic heterocycles. The average molecular weight is 1380 g/mol. The molecule has 0 saturated carbocycles. The quantitative estimate of drug-likeness (QED) is 0.0263. The third kappa shape index (κ3) is 44.9. The van der Waals surface area contributed by atoms with Crippen molar-refractivity contribution in [2.75, 3.05) is 75.3 Å². The summed E-state index contributed by atoms with van der Waals surface area (Å²) in [5.74, 6) is 2.62. The van der Waals surface area contributed by atoms with Gasteiger partial charge in [0.05, 0.1) is 18.6 Å². The number of Topliss-reactive ketones (excluding diaryl/α,β-unsaturated/α-hetero) is 1. The standard InChI is InChI=1S/C37H63Cl2N2O3PS.C34H59Cl2N2O3P.CH4/c1-31(2)13-9-16-34(5)19-10-17-32(3)14-7-8-15-33(4)18-11-20-35(6)22-23-36(42)21-12-30-46-37-24-29-44-45(43,40-27-25-38)41(37)28-26-39;1-29(2)13-9-16-32(5)19-10-17-30(3)14-7-8-15-31(4)18-11-20-33(6)21-12-27-40-34-22-28-41-42(39,37-25-23-35)38(34)26-24-36;/h13-15,19-20,37H,7-12,16-18,21-30H2,1-6H3,(H,40,43);13-15,19-20,34H,7-12,16-18,21-28H2,1-6H3,(H,37,39);1H4/b32-14+,33-15+,34-19+,35-20+;30-14+,31-15+,32-19+,33-20+;. The highest BCUT2D eigenvalue weighted by atomic mass is 35.5. The zero-order chi connectivity index (χ0) is 65.4. The van der Waals surface area contributed by atoms with Crippen LogP contribution in [0, 0.1) is 0 Å². The maximum absolute atomic E-state index is 13.3. The smallest absolute Gasteiger partial charge is 0.345 e. The highest BCUT2D eigenvalue weighted by Crippen LogP contribution is 2.54. The minimum absolute atomic E-state index is 0. The first-order valence-corrected chi connectivity index (χ1v) is 39.5. The normalized spacial score (nSPS) is 20.5. The summed E-state index contributed by atoms with van der Waals surface area (Å²) in [6.07, 6.45) is 47.6. The van der Waals surface area contributed by atoms with Crippen LogP contribution in [0.4, 0.5) is 0 Å². The molecule has 0 aromatic carbocycles. The number of nitrogens with one attached hydrogen (secondary N) is 2. The van der Waals surface area contributed by atoms with E-state index in [4.69, 9.17) is 60.2 Å². The Labute approximate surface area is 570 Å². The van der Waals surface area contributed by atoms with Crippen LogP contribution in [-0.2, 0) is 27.7 Å². The number of nitrogens with zero attached hydrogens (tertiary/aromatic N) is 2. The number of hydrogen-bond donors (Lipinski definition) is 2. The Hall–Kier alpha value is -1.24. The monoisotopic (exact) mass is 1380 g/mol. The van der Waals surface area contributed by atoms with Crippen LogP contribution in [0.1, 0.15) is 245 Å².